The molecule has 0 radical (unpaired) electrons. The van der Waals surface area contributed by atoms with Crippen molar-refractivity contribution in [2.24, 2.45) is 0 Å². The lowest BCUT2D eigenvalue weighted by Crippen LogP contribution is -2.25. The SMILES string of the molecule is CCCC1(PCl)CCCCOCOc2c(C(C)(C)C)cc(C)cc21. The van der Waals surface area contributed by atoms with E-state index >= 15 is 0 Å². The lowest BCUT2D eigenvalue weighted by atomic mass is 9.79. The highest BCUT2D eigenvalue weighted by Crippen LogP contribution is 2.56. The van der Waals surface area contributed by atoms with Crippen LogP contribution in [0.25, 0.3) is 0 Å². The molecule has 0 bridgehead atoms. The van der Waals surface area contributed by atoms with Crippen LogP contribution in [0.5, 0.6) is 5.75 Å². The van der Waals surface area contributed by atoms with Crippen molar-refractivity contribution in [1.29, 1.82) is 0 Å². The molecule has 0 aliphatic carbocycles. The Morgan fingerprint density at radius 3 is 2.62 bits per heavy atom. The van der Waals surface area contributed by atoms with Gasteiger partial charge in [-0.05, 0) is 46.0 Å². The van der Waals surface area contributed by atoms with Crippen molar-refractivity contribution in [3.05, 3.63) is 28.8 Å². The first-order valence-corrected chi connectivity index (χ1v) is 11.1. The van der Waals surface area contributed by atoms with Crippen molar-refractivity contribution in [1.82, 2.24) is 0 Å². The summed E-state index contributed by atoms with van der Waals surface area (Å²) in [6.45, 7) is 12.3. The minimum atomic E-state index is 0.0214. The second-order valence-electron chi connectivity index (χ2n) is 7.99. The summed E-state index contributed by atoms with van der Waals surface area (Å²) in [5.41, 5.74) is 3.87. The summed E-state index contributed by atoms with van der Waals surface area (Å²) in [7, 11) is 0.366. The molecule has 0 amide bonds. The minimum Gasteiger partial charge on any atom is -0.467 e. The Bertz CT molecular complexity index is 553. The lowest BCUT2D eigenvalue weighted by Gasteiger charge is -2.37. The summed E-state index contributed by atoms with van der Waals surface area (Å²) in [4.78, 5) is 0. The van der Waals surface area contributed by atoms with Gasteiger partial charge in [-0.3, -0.25) is 0 Å². The molecule has 0 fully saturated rings. The third-order valence-electron chi connectivity index (χ3n) is 4.84. The van der Waals surface area contributed by atoms with E-state index in [1.807, 2.05) is 0 Å². The molecule has 136 valence electrons. The molecule has 0 saturated heterocycles. The van der Waals surface area contributed by atoms with E-state index in [9.17, 15) is 0 Å². The van der Waals surface area contributed by atoms with E-state index in [2.05, 4.69) is 46.8 Å². The van der Waals surface area contributed by atoms with Crippen LogP contribution in [-0.4, -0.2) is 13.4 Å². The molecule has 1 aliphatic rings. The van der Waals surface area contributed by atoms with Crippen molar-refractivity contribution in [2.45, 2.75) is 77.3 Å². The van der Waals surface area contributed by atoms with Gasteiger partial charge in [0.1, 0.15) is 5.75 Å². The number of halogens is 1. The van der Waals surface area contributed by atoms with Crippen LogP contribution < -0.4 is 4.74 Å². The zero-order valence-corrected chi connectivity index (χ0v) is 17.6. The highest BCUT2D eigenvalue weighted by atomic mass is 35.7. The Morgan fingerprint density at radius 2 is 2.00 bits per heavy atom. The zero-order chi connectivity index (χ0) is 17.8. The van der Waals surface area contributed by atoms with E-state index in [4.69, 9.17) is 20.7 Å². The first-order valence-electron chi connectivity index (χ1n) is 9.08. The summed E-state index contributed by atoms with van der Waals surface area (Å²) in [6, 6.07) is 4.57. The van der Waals surface area contributed by atoms with Crippen LogP contribution in [0, 0.1) is 6.92 Å². The van der Waals surface area contributed by atoms with Gasteiger partial charge in [-0.2, -0.15) is 0 Å². The van der Waals surface area contributed by atoms with Gasteiger partial charge in [0.15, 0.2) is 6.79 Å². The third-order valence-corrected chi connectivity index (χ3v) is 7.06. The summed E-state index contributed by atoms with van der Waals surface area (Å²) < 4.78 is 11.9. The molecule has 24 heavy (non-hydrogen) atoms. The molecule has 0 spiro atoms. The average molecular weight is 371 g/mol. The normalized spacial score (nSPS) is 23.1. The maximum absolute atomic E-state index is 6.62. The Hall–Kier alpha value is -0.300. The fourth-order valence-corrected chi connectivity index (χ4v) is 5.37. The number of benzene rings is 1. The maximum Gasteiger partial charge on any atom is 0.189 e. The molecule has 1 aliphatic heterocycles. The first-order chi connectivity index (χ1) is 11.3. The number of rotatable bonds is 3. The summed E-state index contributed by atoms with van der Waals surface area (Å²) >= 11 is 6.62. The largest absolute Gasteiger partial charge is 0.467 e. The standard InChI is InChI=1S/C20H32ClO2P/c1-6-9-20(24-21)10-7-8-11-22-14-23-18-16(19(3,4)5)12-15(2)13-17(18)20/h12-13,24H,6-11,14H2,1-5H3. The molecule has 2 nitrogen and oxygen atoms in total. The van der Waals surface area contributed by atoms with Gasteiger partial charge in [0, 0.05) is 16.3 Å². The number of hydrogen-bond acceptors (Lipinski definition) is 2. The molecule has 1 aromatic carbocycles. The second kappa shape index (κ2) is 8.39. The van der Waals surface area contributed by atoms with Crippen molar-refractivity contribution in [3.8, 4) is 5.75 Å². The quantitative estimate of drug-likeness (QED) is 0.554. The van der Waals surface area contributed by atoms with Gasteiger partial charge in [-0.1, -0.05) is 63.1 Å². The van der Waals surface area contributed by atoms with Crippen LogP contribution in [0.1, 0.15) is 76.5 Å². The predicted molar refractivity (Wildman–Crippen MR) is 106 cm³/mol. The van der Waals surface area contributed by atoms with Crippen LogP contribution in [0.2, 0.25) is 0 Å². The molecule has 2 unspecified atom stereocenters. The minimum absolute atomic E-state index is 0.0214. The molecule has 0 N–H and O–H groups in total. The van der Waals surface area contributed by atoms with Crippen molar-refractivity contribution in [3.63, 3.8) is 0 Å². The third kappa shape index (κ3) is 4.45. The Labute approximate surface area is 154 Å². The smallest absolute Gasteiger partial charge is 0.189 e. The van der Waals surface area contributed by atoms with Gasteiger partial charge in [0.05, 0.1) is 6.61 Å². The number of ether oxygens (including phenoxy) is 2. The van der Waals surface area contributed by atoms with E-state index in [-0.39, 0.29) is 10.6 Å². The van der Waals surface area contributed by atoms with Crippen molar-refractivity contribution in [2.75, 3.05) is 13.4 Å². The van der Waals surface area contributed by atoms with Crippen LogP contribution in [0.15, 0.2) is 12.1 Å². The molecule has 0 aromatic heterocycles. The monoisotopic (exact) mass is 370 g/mol. The van der Waals surface area contributed by atoms with Gasteiger partial charge >= 0.3 is 0 Å². The molecule has 2 rings (SSSR count). The molecule has 4 heteroatoms. The number of fused-ring (bicyclic) bond motifs is 1. The molecule has 1 aromatic rings. The van der Waals surface area contributed by atoms with Gasteiger partial charge in [0.2, 0.25) is 0 Å². The predicted octanol–water partition coefficient (Wildman–Crippen LogP) is 6.66. The summed E-state index contributed by atoms with van der Waals surface area (Å²) in [5.74, 6) is 1.01. The topological polar surface area (TPSA) is 18.5 Å². The molecule has 0 saturated carbocycles. The highest BCUT2D eigenvalue weighted by Gasteiger charge is 2.36. The van der Waals surface area contributed by atoms with Gasteiger partial charge < -0.3 is 9.47 Å². The molecule has 2 atom stereocenters. The molecular weight excluding hydrogens is 339 g/mol. The number of aryl methyl sites for hydroxylation is 1. The van der Waals surface area contributed by atoms with Crippen molar-refractivity contribution >= 4 is 19.2 Å². The maximum atomic E-state index is 6.62. The lowest BCUT2D eigenvalue weighted by molar-refractivity contribution is 0.00959. The van der Waals surface area contributed by atoms with Gasteiger partial charge in [-0.15, -0.1) is 0 Å². The molecule has 1 heterocycles. The van der Waals surface area contributed by atoms with Crippen molar-refractivity contribution < 1.29 is 9.47 Å². The Balaban J connectivity index is 2.68. The Morgan fingerprint density at radius 1 is 1.25 bits per heavy atom. The molecular formula is C20H32ClO2P. The first kappa shape index (κ1) is 20.0. The van der Waals surface area contributed by atoms with Gasteiger partial charge in [0.25, 0.3) is 0 Å². The van der Waals surface area contributed by atoms with E-state index < -0.39 is 0 Å². The Kier molecular flexibility index (Phi) is 7.00. The van der Waals surface area contributed by atoms with E-state index in [1.165, 1.54) is 16.7 Å². The van der Waals surface area contributed by atoms with Crippen LogP contribution >= 0.6 is 19.2 Å². The van der Waals surface area contributed by atoms with Crippen LogP contribution in [-0.2, 0) is 15.3 Å². The summed E-state index contributed by atoms with van der Waals surface area (Å²) in [6.07, 6.45) is 5.57. The van der Waals surface area contributed by atoms with E-state index in [0.717, 1.165) is 44.5 Å². The van der Waals surface area contributed by atoms with E-state index in [0.29, 0.717) is 14.7 Å². The average Bonchev–Trinajstić information content (AvgIpc) is 2.52. The van der Waals surface area contributed by atoms with E-state index in [1.54, 1.807) is 0 Å². The van der Waals surface area contributed by atoms with Gasteiger partial charge in [-0.25, -0.2) is 0 Å². The van der Waals surface area contributed by atoms with Crippen LogP contribution in [0.4, 0.5) is 0 Å². The number of hydrogen-bond donors (Lipinski definition) is 0. The zero-order valence-electron chi connectivity index (χ0n) is 15.8. The fourth-order valence-electron chi connectivity index (χ4n) is 3.60. The highest BCUT2D eigenvalue weighted by molar-refractivity contribution is 7.69. The summed E-state index contributed by atoms with van der Waals surface area (Å²) in [5, 5.41) is 0.0228. The van der Waals surface area contributed by atoms with Crippen LogP contribution in [0.3, 0.4) is 0 Å². The second-order valence-corrected chi connectivity index (χ2v) is 9.71. The fraction of sp³-hybridized carbons (Fsp3) is 0.700.